The van der Waals surface area contributed by atoms with Crippen molar-refractivity contribution in [1.29, 1.82) is 0 Å². The van der Waals surface area contributed by atoms with Gasteiger partial charge in [0.15, 0.2) is 0 Å². The van der Waals surface area contributed by atoms with Gasteiger partial charge >= 0.3 is 0 Å². The predicted octanol–water partition coefficient (Wildman–Crippen LogP) is 2.92. The highest BCUT2D eigenvalue weighted by Gasteiger charge is 2.29. The summed E-state index contributed by atoms with van der Waals surface area (Å²) in [5, 5.41) is 3.29. The van der Waals surface area contributed by atoms with Crippen molar-refractivity contribution in [3.05, 3.63) is 22.2 Å². The van der Waals surface area contributed by atoms with E-state index in [1.807, 2.05) is 33.0 Å². The minimum absolute atomic E-state index is 0.105. The molecule has 1 heterocycles. The van der Waals surface area contributed by atoms with E-state index in [-0.39, 0.29) is 11.9 Å². The molecule has 16 heavy (non-hydrogen) atoms. The van der Waals surface area contributed by atoms with Crippen LogP contribution in [0.4, 0.5) is 11.4 Å². The first-order valence-electron chi connectivity index (χ1n) is 5.38. The fourth-order valence-corrected chi connectivity index (χ4v) is 2.73. The SMILES string of the molecule is CCC1Nc2cc(Br)cc(C)c2N(C)C1=O. The third-order valence-corrected chi connectivity index (χ3v) is 3.43. The standard InChI is InChI=1S/C12H15BrN2O/c1-4-9-12(16)15(3)11-7(2)5-8(13)6-10(11)14-9/h5-6,9,14H,4H2,1-3H3. The number of fused-ring (bicyclic) bond motifs is 1. The van der Waals surface area contributed by atoms with Crippen molar-refractivity contribution in [2.45, 2.75) is 26.3 Å². The van der Waals surface area contributed by atoms with Crippen molar-refractivity contribution in [3.63, 3.8) is 0 Å². The second-order valence-corrected chi connectivity index (χ2v) is 5.04. The molecule has 1 unspecified atom stereocenters. The van der Waals surface area contributed by atoms with Crippen LogP contribution in [-0.4, -0.2) is 19.0 Å². The molecule has 1 amide bonds. The number of nitrogens with one attached hydrogen (secondary N) is 1. The Morgan fingerprint density at radius 2 is 2.19 bits per heavy atom. The molecule has 0 saturated heterocycles. The van der Waals surface area contributed by atoms with Crippen LogP contribution in [0.5, 0.6) is 0 Å². The second kappa shape index (κ2) is 4.09. The molecule has 1 aliphatic heterocycles. The van der Waals surface area contributed by atoms with Crippen LogP contribution < -0.4 is 10.2 Å². The lowest BCUT2D eigenvalue weighted by molar-refractivity contribution is -0.119. The first-order chi connectivity index (χ1) is 7.54. The molecule has 3 nitrogen and oxygen atoms in total. The van der Waals surface area contributed by atoms with Gasteiger partial charge in [-0.2, -0.15) is 0 Å². The minimum Gasteiger partial charge on any atom is -0.372 e. The quantitative estimate of drug-likeness (QED) is 0.859. The smallest absolute Gasteiger partial charge is 0.249 e. The molecule has 1 atom stereocenters. The number of amides is 1. The maximum Gasteiger partial charge on any atom is 0.249 e. The monoisotopic (exact) mass is 282 g/mol. The summed E-state index contributed by atoms with van der Waals surface area (Å²) in [6.07, 6.45) is 0.800. The van der Waals surface area contributed by atoms with Gasteiger partial charge in [0, 0.05) is 11.5 Å². The van der Waals surface area contributed by atoms with Gasteiger partial charge < -0.3 is 10.2 Å². The largest absolute Gasteiger partial charge is 0.372 e. The van der Waals surface area contributed by atoms with Crippen LogP contribution in [0.2, 0.25) is 0 Å². The van der Waals surface area contributed by atoms with E-state index in [4.69, 9.17) is 0 Å². The Kier molecular flexibility index (Phi) is 2.93. The second-order valence-electron chi connectivity index (χ2n) is 4.12. The zero-order valence-corrected chi connectivity index (χ0v) is 11.3. The van der Waals surface area contributed by atoms with E-state index in [2.05, 4.69) is 21.2 Å². The number of likely N-dealkylation sites (N-methyl/N-ethyl adjacent to an activating group) is 1. The van der Waals surface area contributed by atoms with Gasteiger partial charge in [-0.15, -0.1) is 0 Å². The number of nitrogens with zero attached hydrogens (tertiary/aromatic N) is 1. The molecule has 2 rings (SSSR count). The highest BCUT2D eigenvalue weighted by molar-refractivity contribution is 9.10. The molecular formula is C12H15BrN2O. The minimum atomic E-state index is -0.105. The van der Waals surface area contributed by atoms with Crippen LogP contribution in [-0.2, 0) is 4.79 Å². The van der Waals surface area contributed by atoms with Crippen LogP contribution in [0.15, 0.2) is 16.6 Å². The van der Waals surface area contributed by atoms with Gasteiger partial charge in [-0.3, -0.25) is 4.79 Å². The van der Waals surface area contributed by atoms with E-state index in [1.165, 1.54) is 0 Å². The molecule has 0 aliphatic carbocycles. The first-order valence-corrected chi connectivity index (χ1v) is 6.18. The van der Waals surface area contributed by atoms with Gasteiger partial charge in [-0.05, 0) is 31.0 Å². The number of aryl methyl sites for hydroxylation is 1. The lowest BCUT2D eigenvalue weighted by atomic mass is 10.0. The molecule has 0 spiro atoms. The fraction of sp³-hybridized carbons (Fsp3) is 0.417. The summed E-state index contributed by atoms with van der Waals surface area (Å²) >= 11 is 3.47. The summed E-state index contributed by atoms with van der Waals surface area (Å²) in [7, 11) is 1.84. The zero-order chi connectivity index (χ0) is 11.9. The zero-order valence-electron chi connectivity index (χ0n) is 9.67. The summed E-state index contributed by atoms with van der Waals surface area (Å²) in [5.74, 6) is 0.139. The van der Waals surface area contributed by atoms with Crippen LogP contribution in [0.3, 0.4) is 0 Å². The molecule has 0 aromatic heterocycles. The molecule has 86 valence electrons. The number of benzene rings is 1. The van der Waals surface area contributed by atoms with E-state index < -0.39 is 0 Å². The van der Waals surface area contributed by atoms with Gasteiger partial charge in [-0.1, -0.05) is 22.9 Å². The Morgan fingerprint density at radius 1 is 1.50 bits per heavy atom. The molecule has 4 heteroatoms. The Bertz CT molecular complexity index is 445. The van der Waals surface area contributed by atoms with E-state index in [1.54, 1.807) is 4.90 Å². The number of hydrogen-bond donors (Lipinski definition) is 1. The van der Waals surface area contributed by atoms with Crippen molar-refractivity contribution in [3.8, 4) is 0 Å². The van der Waals surface area contributed by atoms with E-state index in [9.17, 15) is 4.79 Å². The van der Waals surface area contributed by atoms with Crippen molar-refractivity contribution in [2.24, 2.45) is 0 Å². The van der Waals surface area contributed by atoms with Gasteiger partial charge in [0.05, 0.1) is 11.4 Å². The van der Waals surface area contributed by atoms with Gasteiger partial charge in [0.1, 0.15) is 6.04 Å². The average molecular weight is 283 g/mol. The maximum absolute atomic E-state index is 12.0. The maximum atomic E-state index is 12.0. The molecule has 1 aromatic carbocycles. The normalized spacial score (nSPS) is 19.4. The lowest BCUT2D eigenvalue weighted by Crippen LogP contribution is -2.45. The predicted molar refractivity (Wildman–Crippen MR) is 70.0 cm³/mol. The number of carbonyl (C=O) groups is 1. The highest BCUT2D eigenvalue weighted by atomic mass is 79.9. The molecule has 0 radical (unpaired) electrons. The highest BCUT2D eigenvalue weighted by Crippen LogP contribution is 2.36. The number of rotatable bonds is 1. The van der Waals surface area contributed by atoms with Crippen molar-refractivity contribution in [2.75, 3.05) is 17.3 Å². The molecule has 1 aromatic rings. The van der Waals surface area contributed by atoms with E-state index >= 15 is 0 Å². The summed E-state index contributed by atoms with van der Waals surface area (Å²) in [5.41, 5.74) is 3.11. The van der Waals surface area contributed by atoms with Crippen molar-refractivity contribution < 1.29 is 4.79 Å². The number of hydrogen-bond acceptors (Lipinski definition) is 2. The van der Waals surface area contributed by atoms with Crippen LogP contribution in [0.25, 0.3) is 0 Å². The van der Waals surface area contributed by atoms with Crippen LogP contribution in [0, 0.1) is 6.92 Å². The Balaban J connectivity index is 2.54. The average Bonchev–Trinajstić information content (AvgIpc) is 2.22. The molecule has 0 fully saturated rings. The van der Waals surface area contributed by atoms with Crippen LogP contribution in [0.1, 0.15) is 18.9 Å². The lowest BCUT2D eigenvalue weighted by Gasteiger charge is -2.33. The van der Waals surface area contributed by atoms with Gasteiger partial charge in [0.25, 0.3) is 0 Å². The molecular weight excluding hydrogens is 268 g/mol. The van der Waals surface area contributed by atoms with Gasteiger partial charge in [0.2, 0.25) is 5.91 Å². The Morgan fingerprint density at radius 3 is 2.81 bits per heavy atom. The third-order valence-electron chi connectivity index (χ3n) is 2.97. The van der Waals surface area contributed by atoms with Crippen molar-refractivity contribution in [1.82, 2.24) is 0 Å². The van der Waals surface area contributed by atoms with Crippen molar-refractivity contribution >= 4 is 33.2 Å². The number of anilines is 2. The molecule has 1 N–H and O–H groups in total. The topological polar surface area (TPSA) is 32.3 Å². The molecule has 0 saturated carbocycles. The van der Waals surface area contributed by atoms with Gasteiger partial charge in [-0.25, -0.2) is 0 Å². The first kappa shape index (κ1) is 11.5. The Labute approximate surface area is 104 Å². The van der Waals surface area contributed by atoms with E-state index in [0.717, 1.165) is 27.8 Å². The summed E-state index contributed by atoms with van der Waals surface area (Å²) in [4.78, 5) is 13.8. The number of halogens is 1. The third kappa shape index (κ3) is 1.71. The summed E-state index contributed by atoms with van der Waals surface area (Å²) in [6.45, 7) is 4.03. The van der Waals surface area contributed by atoms with Crippen LogP contribution >= 0.6 is 15.9 Å². The molecule has 0 bridgehead atoms. The summed E-state index contributed by atoms with van der Waals surface area (Å²) < 4.78 is 1.04. The summed E-state index contributed by atoms with van der Waals surface area (Å²) in [6, 6.07) is 3.94. The molecule has 1 aliphatic rings. The fourth-order valence-electron chi connectivity index (χ4n) is 2.16. The van der Waals surface area contributed by atoms with E-state index in [0.29, 0.717) is 0 Å². The Hall–Kier alpha value is -1.03. The number of carbonyl (C=O) groups excluding carboxylic acids is 1.